The number of hydrogen-bond acceptors (Lipinski definition) is 5. The summed E-state index contributed by atoms with van der Waals surface area (Å²) < 4.78 is 21.8. The average Bonchev–Trinajstić information content (AvgIpc) is 2.98. The van der Waals surface area contributed by atoms with Crippen LogP contribution in [0.25, 0.3) is 11.1 Å². The molecule has 0 aliphatic rings. The van der Waals surface area contributed by atoms with Gasteiger partial charge in [0.1, 0.15) is 11.5 Å². The lowest BCUT2D eigenvalue weighted by Gasteiger charge is -2.12. The van der Waals surface area contributed by atoms with E-state index in [0.29, 0.717) is 23.3 Å². The molecule has 0 bridgehead atoms. The van der Waals surface area contributed by atoms with Crippen LogP contribution in [0.3, 0.4) is 0 Å². The number of imidazole rings is 1. The fraction of sp³-hybridized carbons (Fsp3) is 0.150. The second-order valence-electron chi connectivity index (χ2n) is 5.99. The lowest BCUT2D eigenvalue weighted by atomic mass is 9.98. The highest BCUT2D eigenvalue weighted by molar-refractivity contribution is 6.31. The van der Waals surface area contributed by atoms with Crippen LogP contribution < -0.4 is 4.74 Å². The topological polar surface area (TPSA) is 96.9 Å². The Morgan fingerprint density at radius 3 is 2.76 bits per heavy atom. The van der Waals surface area contributed by atoms with Gasteiger partial charge in [-0.1, -0.05) is 47.1 Å². The first-order valence-electron chi connectivity index (χ1n) is 8.63. The van der Waals surface area contributed by atoms with Crippen LogP contribution in [0.5, 0.6) is 6.01 Å². The minimum atomic E-state index is -1.09. The fourth-order valence-electron chi connectivity index (χ4n) is 2.92. The van der Waals surface area contributed by atoms with Crippen molar-refractivity contribution in [3.05, 3.63) is 70.3 Å². The molecule has 0 aliphatic carbocycles. The Bertz CT molecular complexity index is 1080. The molecule has 3 aromatic rings. The molecule has 29 heavy (non-hydrogen) atoms. The number of aromatic carboxylic acids is 1. The summed E-state index contributed by atoms with van der Waals surface area (Å²) in [5, 5.41) is 21.2. The second-order valence-corrected chi connectivity index (χ2v) is 6.35. The SMILES string of the molecule is CCOc1nc(Cl)c(C=NO)n1Cc1ccc(-c2ccccc2C(=O)O)cc1F. The van der Waals surface area contributed by atoms with Crippen molar-refractivity contribution in [3.8, 4) is 17.1 Å². The van der Waals surface area contributed by atoms with Gasteiger partial charge in [-0.3, -0.25) is 4.57 Å². The van der Waals surface area contributed by atoms with Gasteiger partial charge in [0, 0.05) is 5.56 Å². The van der Waals surface area contributed by atoms with Gasteiger partial charge >= 0.3 is 5.97 Å². The molecule has 0 aliphatic heterocycles. The summed E-state index contributed by atoms with van der Waals surface area (Å²) in [6.45, 7) is 2.10. The largest absolute Gasteiger partial charge is 0.478 e. The molecule has 0 unspecified atom stereocenters. The number of oxime groups is 1. The van der Waals surface area contributed by atoms with E-state index in [1.807, 2.05) is 0 Å². The zero-order chi connectivity index (χ0) is 21.0. The summed E-state index contributed by atoms with van der Waals surface area (Å²) in [5.41, 5.74) is 1.50. The summed E-state index contributed by atoms with van der Waals surface area (Å²) in [7, 11) is 0. The average molecular weight is 418 g/mol. The van der Waals surface area contributed by atoms with Gasteiger partial charge in [0.05, 0.1) is 24.9 Å². The number of rotatable bonds is 7. The molecule has 0 fully saturated rings. The van der Waals surface area contributed by atoms with Crippen molar-refractivity contribution >= 4 is 23.8 Å². The molecule has 150 valence electrons. The summed E-state index contributed by atoms with van der Waals surface area (Å²) >= 11 is 6.06. The van der Waals surface area contributed by atoms with Gasteiger partial charge < -0.3 is 15.1 Å². The van der Waals surface area contributed by atoms with E-state index in [1.165, 1.54) is 16.7 Å². The molecular formula is C20H17ClFN3O4. The molecule has 0 spiro atoms. The van der Waals surface area contributed by atoms with Gasteiger partial charge in [0.25, 0.3) is 6.01 Å². The predicted molar refractivity (Wildman–Crippen MR) is 106 cm³/mol. The zero-order valence-electron chi connectivity index (χ0n) is 15.3. The van der Waals surface area contributed by atoms with Gasteiger partial charge in [-0.2, -0.15) is 4.98 Å². The van der Waals surface area contributed by atoms with Gasteiger partial charge in [-0.15, -0.1) is 0 Å². The molecule has 7 nitrogen and oxygen atoms in total. The Hall–Kier alpha value is -3.39. The maximum Gasteiger partial charge on any atom is 0.336 e. The highest BCUT2D eigenvalue weighted by atomic mass is 35.5. The smallest absolute Gasteiger partial charge is 0.336 e. The second kappa shape index (κ2) is 8.74. The maximum atomic E-state index is 14.9. The molecule has 1 heterocycles. The Kier molecular flexibility index (Phi) is 6.13. The van der Waals surface area contributed by atoms with Gasteiger partial charge in [0.15, 0.2) is 5.15 Å². The number of halogens is 2. The minimum absolute atomic E-state index is 0.0170. The number of nitrogens with zero attached hydrogens (tertiary/aromatic N) is 3. The van der Waals surface area contributed by atoms with Crippen molar-refractivity contribution in [2.24, 2.45) is 5.16 Å². The van der Waals surface area contributed by atoms with Crippen LogP contribution in [0, 0.1) is 5.82 Å². The Morgan fingerprint density at radius 1 is 1.34 bits per heavy atom. The molecule has 0 saturated carbocycles. The van der Waals surface area contributed by atoms with Crippen LogP contribution in [-0.2, 0) is 6.54 Å². The molecule has 0 radical (unpaired) electrons. The minimum Gasteiger partial charge on any atom is -0.478 e. The lowest BCUT2D eigenvalue weighted by Crippen LogP contribution is -2.09. The van der Waals surface area contributed by atoms with Crippen LogP contribution >= 0.6 is 11.6 Å². The third-order valence-corrected chi connectivity index (χ3v) is 4.51. The van der Waals surface area contributed by atoms with Crippen LogP contribution in [0.1, 0.15) is 28.5 Å². The highest BCUT2D eigenvalue weighted by Crippen LogP contribution is 2.28. The fourth-order valence-corrected chi connectivity index (χ4v) is 3.14. The zero-order valence-corrected chi connectivity index (χ0v) is 16.1. The normalized spacial score (nSPS) is 11.1. The van der Waals surface area contributed by atoms with Crippen LogP contribution in [0.4, 0.5) is 4.39 Å². The van der Waals surface area contributed by atoms with Crippen molar-refractivity contribution < 1.29 is 24.2 Å². The summed E-state index contributed by atoms with van der Waals surface area (Å²) in [4.78, 5) is 15.5. The number of carbonyl (C=O) groups is 1. The number of hydrogen-bond donors (Lipinski definition) is 2. The molecule has 1 aromatic heterocycles. The molecule has 2 aromatic carbocycles. The van der Waals surface area contributed by atoms with E-state index in [2.05, 4.69) is 10.1 Å². The Labute approximate surface area is 170 Å². The van der Waals surface area contributed by atoms with E-state index < -0.39 is 11.8 Å². The molecule has 0 amide bonds. The monoisotopic (exact) mass is 417 g/mol. The van der Waals surface area contributed by atoms with E-state index in [0.717, 1.165) is 6.21 Å². The lowest BCUT2D eigenvalue weighted by molar-refractivity contribution is 0.0697. The molecule has 9 heteroatoms. The van der Waals surface area contributed by atoms with Crippen molar-refractivity contribution in [1.29, 1.82) is 0 Å². The molecule has 0 atom stereocenters. The van der Waals surface area contributed by atoms with Crippen LogP contribution in [-0.4, -0.2) is 38.7 Å². The van der Waals surface area contributed by atoms with E-state index in [4.69, 9.17) is 21.5 Å². The first-order valence-corrected chi connectivity index (χ1v) is 9.01. The van der Waals surface area contributed by atoms with Crippen LogP contribution in [0.15, 0.2) is 47.6 Å². The Morgan fingerprint density at radius 2 is 2.10 bits per heavy atom. The number of carboxylic acid groups (broad SMARTS) is 1. The van der Waals surface area contributed by atoms with Gasteiger partial charge in [-0.25, -0.2) is 9.18 Å². The number of carboxylic acids is 1. The number of ether oxygens (including phenoxy) is 1. The standard InChI is InChI=1S/C20H17ClFN3O4/c1-2-29-20-24-18(21)17(10-23-28)25(20)11-13-8-7-12(9-16(13)22)14-5-3-4-6-15(14)19(26)27/h3-10,28H,2,11H2,1H3,(H,26,27). The predicted octanol–water partition coefficient (Wildman–Crippen LogP) is 4.30. The molecule has 2 N–H and O–H groups in total. The number of aromatic nitrogens is 2. The third kappa shape index (κ3) is 4.22. The quantitative estimate of drug-likeness (QED) is 0.339. The molecular weight excluding hydrogens is 401 g/mol. The summed E-state index contributed by atoms with van der Waals surface area (Å²) in [6.07, 6.45) is 1.09. The molecule has 0 saturated heterocycles. The van der Waals surface area contributed by atoms with Crippen LogP contribution in [0.2, 0.25) is 5.15 Å². The van der Waals surface area contributed by atoms with Crippen molar-refractivity contribution in [2.45, 2.75) is 13.5 Å². The molecule has 3 rings (SSSR count). The van der Waals surface area contributed by atoms with Crippen molar-refractivity contribution in [3.63, 3.8) is 0 Å². The first-order chi connectivity index (χ1) is 14.0. The van der Waals surface area contributed by atoms with E-state index in [1.54, 1.807) is 37.3 Å². The van der Waals surface area contributed by atoms with E-state index >= 15 is 0 Å². The van der Waals surface area contributed by atoms with E-state index in [9.17, 15) is 14.3 Å². The van der Waals surface area contributed by atoms with Gasteiger partial charge in [0.2, 0.25) is 0 Å². The number of benzene rings is 2. The highest BCUT2D eigenvalue weighted by Gasteiger charge is 2.18. The van der Waals surface area contributed by atoms with Crippen molar-refractivity contribution in [2.75, 3.05) is 6.61 Å². The summed E-state index contributed by atoms with van der Waals surface area (Å²) in [5.74, 6) is -1.63. The first kappa shape index (κ1) is 20.3. The van der Waals surface area contributed by atoms with Crippen molar-refractivity contribution in [1.82, 2.24) is 9.55 Å². The summed E-state index contributed by atoms with van der Waals surface area (Å²) in [6, 6.07) is 11.0. The van der Waals surface area contributed by atoms with Gasteiger partial charge in [-0.05, 0) is 30.2 Å². The maximum absolute atomic E-state index is 14.9. The Balaban J connectivity index is 2.00. The third-order valence-electron chi connectivity index (χ3n) is 4.23. The van der Waals surface area contributed by atoms with E-state index in [-0.39, 0.29) is 29.0 Å².